The normalized spacial score (nSPS) is 26.6. The maximum Gasteiger partial charge on any atom is 0.283 e. The van der Waals surface area contributed by atoms with Crippen molar-refractivity contribution in [2.24, 2.45) is 17.1 Å². The van der Waals surface area contributed by atoms with Gasteiger partial charge >= 0.3 is 0 Å². The predicted molar refractivity (Wildman–Crippen MR) is 79.0 cm³/mol. The summed E-state index contributed by atoms with van der Waals surface area (Å²) in [5.74, 6) is 0.695. The summed E-state index contributed by atoms with van der Waals surface area (Å²) >= 11 is 3.38. The highest BCUT2D eigenvalue weighted by molar-refractivity contribution is 9.10. The van der Waals surface area contributed by atoms with Crippen LogP contribution in [0.3, 0.4) is 0 Å². The summed E-state index contributed by atoms with van der Waals surface area (Å²) in [6, 6.07) is 5.23. The van der Waals surface area contributed by atoms with Crippen LogP contribution in [0.4, 0.5) is 5.69 Å². The lowest BCUT2D eigenvalue weighted by Gasteiger charge is -2.28. The molecule has 2 N–H and O–H groups in total. The molecule has 1 aliphatic carbocycles. The molecule has 0 aliphatic heterocycles. The van der Waals surface area contributed by atoms with Gasteiger partial charge in [0.25, 0.3) is 5.69 Å². The molecule has 19 heavy (non-hydrogen) atoms. The number of nitro groups is 1. The molecule has 1 aliphatic rings. The number of benzene rings is 1. The zero-order valence-electron chi connectivity index (χ0n) is 11.1. The maximum atomic E-state index is 11.0. The summed E-state index contributed by atoms with van der Waals surface area (Å²) in [4.78, 5) is 10.6. The molecule has 2 atom stereocenters. The fraction of sp³-hybridized carbons (Fsp3) is 0.571. The van der Waals surface area contributed by atoms with Crippen molar-refractivity contribution in [2.45, 2.75) is 32.6 Å². The van der Waals surface area contributed by atoms with Gasteiger partial charge in [-0.2, -0.15) is 0 Å². The second-order valence-electron chi connectivity index (χ2n) is 5.74. The smallest absolute Gasteiger partial charge is 0.283 e. The first kappa shape index (κ1) is 14.5. The molecule has 0 aromatic heterocycles. The first-order chi connectivity index (χ1) is 8.97. The third kappa shape index (κ3) is 2.98. The summed E-state index contributed by atoms with van der Waals surface area (Å²) in [5.41, 5.74) is 7.22. The molecule has 0 radical (unpaired) electrons. The summed E-state index contributed by atoms with van der Waals surface area (Å²) in [7, 11) is 0. The molecule has 1 saturated carbocycles. The van der Waals surface area contributed by atoms with Crippen molar-refractivity contribution in [3.8, 4) is 0 Å². The topological polar surface area (TPSA) is 69.2 Å². The molecule has 4 nitrogen and oxygen atoms in total. The summed E-state index contributed by atoms with van der Waals surface area (Å²) < 4.78 is 0.604. The Balaban J connectivity index is 2.28. The van der Waals surface area contributed by atoms with E-state index in [-0.39, 0.29) is 16.0 Å². The molecule has 0 heterocycles. The zero-order valence-corrected chi connectivity index (χ0v) is 12.6. The van der Waals surface area contributed by atoms with E-state index in [4.69, 9.17) is 5.73 Å². The van der Waals surface area contributed by atoms with Gasteiger partial charge in [-0.3, -0.25) is 10.1 Å². The highest BCUT2D eigenvalue weighted by Crippen LogP contribution is 2.44. The Morgan fingerprint density at radius 1 is 1.58 bits per heavy atom. The summed E-state index contributed by atoms with van der Waals surface area (Å²) in [6.45, 7) is 2.90. The van der Waals surface area contributed by atoms with Gasteiger partial charge < -0.3 is 5.73 Å². The number of nitro benzene ring substituents is 1. The molecule has 5 heteroatoms. The average molecular weight is 327 g/mol. The number of rotatable bonds is 4. The lowest BCUT2D eigenvalue weighted by molar-refractivity contribution is -0.385. The monoisotopic (exact) mass is 326 g/mol. The van der Waals surface area contributed by atoms with Gasteiger partial charge in [0.2, 0.25) is 0 Å². The lowest BCUT2D eigenvalue weighted by Crippen LogP contribution is -2.30. The van der Waals surface area contributed by atoms with E-state index >= 15 is 0 Å². The Morgan fingerprint density at radius 2 is 2.32 bits per heavy atom. The van der Waals surface area contributed by atoms with E-state index in [1.165, 1.54) is 12.5 Å². The summed E-state index contributed by atoms with van der Waals surface area (Å²) in [5, 5.41) is 11.0. The van der Waals surface area contributed by atoms with Crippen LogP contribution in [0.25, 0.3) is 0 Å². The van der Waals surface area contributed by atoms with Gasteiger partial charge in [-0.05, 0) is 58.6 Å². The van der Waals surface area contributed by atoms with Crippen LogP contribution >= 0.6 is 15.9 Å². The Labute approximate surface area is 121 Å². The van der Waals surface area contributed by atoms with Crippen LogP contribution in [0.5, 0.6) is 0 Å². The number of nitrogens with zero attached hydrogens (tertiary/aromatic N) is 1. The van der Waals surface area contributed by atoms with E-state index in [2.05, 4.69) is 22.9 Å². The Bertz CT molecular complexity index is 492. The van der Waals surface area contributed by atoms with Gasteiger partial charge in [-0.25, -0.2) is 0 Å². The fourth-order valence-corrected chi connectivity index (χ4v) is 3.71. The third-order valence-electron chi connectivity index (χ3n) is 4.20. The minimum absolute atomic E-state index is 0.108. The van der Waals surface area contributed by atoms with Gasteiger partial charge in [0.05, 0.1) is 9.40 Å². The molecule has 104 valence electrons. The standard InChI is InChI=1S/C14H19BrN2O2/c1-10-5-6-14(7-10,9-16)8-11-3-2-4-12(13(11)15)17(18)19/h2-4,10H,5-9,16H2,1H3. The lowest BCUT2D eigenvalue weighted by atomic mass is 9.79. The largest absolute Gasteiger partial charge is 0.330 e. The van der Waals surface area contributed by atoms with E-state index in [0.717, 1.165) is 24.8 Å². The van der Waals surface area contributed by atoms with Gasteiger partial charge in [-0.1, -0.05) is 25.5 Å². The molecule has 2 unspecified atom stereocenters. The van der Waals surface area contributed by atoms with Gasteiger partial charge in [0.15, 0.2) is 0 Å². The number of nitrogens with two attached hydrogens (primary N) is 1. The minimum Gasteiger partial charge on any atom is -0.330 e. The van der Waals surface area contributed by atoms with Gasteiger partial charge in [0.1, 0.15) is 0 Å². The van der Waals surface area contributed by atoms with Crippen molar-refractivity contribution in [2.75, 3.05) is 6.54 Å². The minimum atomic E-state index is -0.347. The predicted octanol–water partition coefficient (Wildman–Crippen LogP) is 3.66. The molecule has 0 bridgehead atoms. The maximum absolute atomic E-state index is 11.0. The van der Waals surface area contributed by atoms with Gasteiger partial charge in [-0.15, -0.1) is 0 Å². The van der Waals surface area contributed by atoms with Crippen molar-refractivity contribution < 1.29 is 4.92 Å². The number of hydrogen-bond acceptors (Lipinski definition) is 3. The van der Waals surface area contributed by atoms with Crippen LogP contribution in [0.2, 0.25) is 0 Å². The van der Waals surface area contributed by atoms with E-state index in [0.29, 0.717) is 16.9 Å². The number of hydrogen-bond donors (Lipinski definition) is 1. The fourth-order valence-electron chi connectivity index (χ4n) is 3.16. The molecular weight excluding hydrogens is 308 g/mol. The van der Waals surface area contributed by atoms with E-state index < -0.39 is 0 Å². The zero-order chi connectivity index (χ0) is 14.0. The van der Waals surface area contributed by atoms with Gasteiger partial charge in [0, 0.05) is 6.07 Å². The molecule has 0 saturated heterocycles. The second kappa shape index (κ2) is 5.59. The third-order valence-corrected chi connectivity index (χ3v) is 5.12. The highest BCUT2D eigenvalue weighted by atomic mass is 79.9. The van der Waals surface area contributed by atoms with E-state index in [1.54, 1.807) is 6.07 Å². The van der Waals surface area contributed by atoms with Crippen molar-refractivity contribution in [3.63, 3.8) is 0 Å². The van der Waals surface area contributed by atoms with Crippen molar-refractivity contribution in [3.05, 3.63) is 38.3 Å². The Hall–Kier alpha value is -0.940. The van der Waals surface area contributed by atoms with Crippen LogP contribution in [0, 0.1) is 21.4 Å². The highest BCUT2D eigenvalue weighted by Gasteiger charge is 2.37. The molecular formula is C14H19BrN2O2. The quantitative estimate of drug-likeness (QED) is 0.678. The van der Waals surface area contributed by atoms with E-state index in [9.17, 15) is 10.1 Å². The van der Waals surface area contributed by atoms with Crippen LogP contribution in [-0.2, 0) is 6.42 Å². The first-order valence-corrected chi connectivity index (χ1v) is 7.38. The van der Waals surface area contributed by atoms with Crippen molar-refractivity contribution >= 4 is 21.6 Å². The van der Waals surface area contributed by atoms with Crippen molar-refractivity contribution in [1.82, 2.24) is 0 Å². The molecule has 0 amide bonds. The molecule has 1 aromatic carbocycles. The molecule has 2 rings (SSSR count). The average Bonchev–Trinajstić information content (AvgIpc) is 2.74. The van der Waals surface area contributed by atoms with Crippen LogP contribution < -0.4 is 5.73 Å². The number of halogens is 1. The SMILES string of the molecule is CC1CCC(CN)(Cc2cccc([N+](=O)[O-])c2Br)C1. The first-order valence-electron chi connectivity index (χ1n) is 6.59. The van der Waals surface area contributed by atoms with Crippen LogP contribution in [0.1, 0.15) is 31.7 Å². The molecule has 0 spiro atoms. The van der Waals surface area contributed by atoms with Crippen LogP contribution in [-0.4, -0.2) is 11.5 Å². The second-order valence-corrected chi connectivity index (χ2v) is 6.53. The van der Waals surface area contributed by atoms with Crippen molar-refractivity contribution in [1.29, 1.82) is 0 Å². The van der Waals surface area contributed by atoms with Crippen LogP contribution in [0.15, 0.2) is 22.7 Å². The van der Waals surface area contributed by atoms with E-state index in [1.807, 2.05) is 6.07 Å². The summed E-state index contributed by atoms with van der Waals surface area (Å²) in [6.07, 6.45) is 4.23. The molecule has 1 aromatic rings. The Kier molecular flexibility index (Phi) is 4.26. The Morgan fingerprint density at radius 3 is 2.84 bits per heavy atom. The molecule has 1 fully saturated rings.